The average molecular weight is 495 g/mol. The quantitative estimate of drug-likeness (QED) is 0.547. The largest absolute Gasteiger partial charge is 0.466 e. The van der Waals surface area contributed by atoms with Crippen molar-refractivity contribution in [1.82, 2.24) is 4.90 Å². The zero-order chi connectivity index (χ0) is 25.6. The van der Waals surface area contributed by atoms with Crippen LogP contribution in [-0.2, 0) is 23.9 Å². The van der Waals surface area contributed by atoms with Gasteiger partial charge in [-0.15, -0.1) is 0 Å². The Labute approximate surface area is 210 Å². The van der Waals surface area contributed by atoms with Gasteiger partial charge >= 0.3 is 5.97 Å². The number of carbonyl (C=O) groups excluding carboxylic acids is 3. The number of fused-ring (bicyclic) bond motifs is 2. The van der Waals surface area contributed by atoms with E-state index in [0.717, 1.165) is 17.2 Å². The standard InChI is InChI=1S/C28H34N2O6/c1-4-16(3)20(15-31)30-24(25(32)29-19-11-10-17-8-6-7-9-18(17)14-19)28-13-12-21(36-28)22(23(28)26(30)33)27(34)35-5-2/h6-11,14,16,20-24,31H,4-5,12-13,15H2,1-3H3,(H,29,32)/t16-,20-,21-,22+,23+,24-,28+/m0/s1. The van der Waals surface area contributed by atoms with Crippen LogP contribution < -0.4 is 5.32 Å². The maximum absolute atomic E-state index is 14.0. The fraction of sp³-hybridized carbons (Fsp3) is 0.536. The first-order valence-corrected chi connectivity index (χ1v) is 12.9. The number of nitrogens with zero attached hydrogens (tertiary/aromatic N) is 1. The van der Waals surface area contributed by atoms with Crippen LogP contribution in [0.25, 0.3) is 10.8 Å². The highest BCUT2D eigenvalue weighted by Gasteiger charge is 2.75. The number of anilines is 1. The molecule has 2 N–H and O–H groups in total. The number of hydrogen-bond acceptors (Lipinski definition) is 6. The predicted octanol–water partition coefficient (Wildman–Crippen LogP) is 3.12. The minimum Gasteiger partial charge on any atom is -0.466 e. The first kappa shape index (κ1) is 24.7. The molecule has 3 fully saturated rings. The Morgan fingerprint density at radius 3 is 2.67 bits per heavy atom. The first-order chi connectivity index (χ1) is 17.4. The van der Waals surface area contributed by atoms with E-state index in [0.29, 0.717) is 18.5 Å². The van der Waals surface area contributed by atoms with Crippen molar-refractivity contribution < 1.29 is 29.0 Å². The van der Waals surface area contributed by atoms with Crippen molar-refractivity contribution in [2.45, 2.75) is 63.8 Å². The van der Waals surface area contributed by atoms with Crippen LogP contribution in [0.1, 0.15) is 40.0 Å². The second kappa shape index (κ2) is 9.48. The third-order valence-corrected chi connectivity index (χ3v) is 8.41. The lowest BCUT2D eigenvalue weighted by molar-refractivity contribution is -0.155. The topological polar surface area (TPSA) is 105 Å². The third-order valence-electron chi connectivity index (χ3n) is 8.41. The average Bonchev–Trinajstić information content (AvgIpc) is 3.52. The van der Waals surface area contributed by atoms with Crippen molar-refractivity contribution in [2.24, 2.45) is 17.8 Å². The molecule has 0 saturated carbocycles. The van der Waals surface area contributed by atoms with Crippen LogP contribution in [0.4, 0.5) is 5.69 Å². The summed E-state index contributed by atoms with van der Waals surface area (Å²) >= 11 is 0. The second-order valence-electron chi connectivity index (χ2n) is 10.2. The molecule has 192 valence electrons. The molecule has 8 heteroatoms. The van der Waals surface area contributed by atoms with Crippen LogP contribution in [0.3, 0.4) is 0 Å². The molecule has 7 atom stereocenters. The van der Waals surface area contributed by atoms with Crippen molar-refractivity contribution in [2.75, 3.05) is 18.5 Å². The zero-order valence-corrected chi connectivity index (χ0v) is 21.0. The van der Waals surface area contributed by atoms with Crippen LogP contribution >= 0.6 is 0 Å². The second-order valence-corrected chi connectivity index (χ2v) is 10.2. The number of aliphatic hydroxyl groups is 1. The van der Waals surface area contributed by atoms with Gasteiger partial charge in [-0.3, -0.25) is 14.4 Å². The summed E-state index contributed by atoms with van der Waals surface area (Å²) in [5.74, 6) is -2.74. The number of ether oxygens (including phenoxy) is 2. The Kier molecular flexibility index (Phi) is 6.51. The Morgan fingerprint density at radius 1 is 1.22 bits per heavy atom. The lowest BCUT2D eigenvalue weighted by atomic mass is 9.70. The van der Waals surface area contributed by atoms with Gasteiger partial charge in [-0.2, -0.15) is 0 Å². The summed E-state index contributed by atoms with van der Waals surface area (Å²) < 4.78 is 11.7. The fourth-order valence-electron chi connectivity index (χ4n) is 6.55. The highest BCUT2D eigenvalue weighted by Crippen LogP contribution is 2.59. The molecule has 3 aliphatic heterocycles. The summed E-state index contributed by atoms with van der Waals surface area (Å²) in [5, 5.41) is 15.4. The number of rotatable bonds is 8. The monoisotopic (exact) mass is 494 g/mol. The van der Waals surface area contributed by atoms with Crippen molar-refractivity contribution >= 4 is 34.2 Å². The lowest BCUT2D eigenvalue weighted by Crippen LogP contribution is -2.57. The van der Waals surface area contributed by atoms with Gasteiger partial charge in [0, 0.05) is 5.69 Å². The molecule has 0 aromatic heterocycles. The molecule has 1 spiro atoms. The first-order valence-electron chi connectivity index (χ1n) is 12.9. The maximum atomic E-state index is 14.0. The van der Waals surface area contributed by atoms with E-state index in [1.165, 1.54) is 4.90 Å². The fourth-order valence-corrected chi connectivity index (χ4v) is 6.55. The highest BCUT2D eigenvalue weighted by molar-refractivity contribution is 6.04. The molecule has 36 heavy (non-hydrogen) atoms. The smallest absolute Gasteiger partial charge is 0.312 e. The van der Waals surface area contributed by atoms with Crippen LogP contribution in [-0.4, -0.2) is 64.8 Å². The normalized spacial score (nSPS) is 30.3. The Morgan fingerprint density at radius 2 is 1.97 bits per heavy atom. The van der Waals surface area contributed by atoms with E-state index in [1.807, 2.05) is 56.3 Å². The van der Waals surface area contributed by atoms with E-state index in [-0.39, 0.29) is 30.9 Å². The van der Waals surface area contributed by atoms with Gasteiger partial charge in [0.15, 0.2) is 0 Å². The molecule has 2 amide bonds. The van der Waals surface area contributed by atoms with Crippen LogP contribution in [0, 0.1) is 17.8 Å². The molecule has 3 saturated heterocycles. The van der Waals surface area contributed by atoms with Gasteiger partial charge in [-0.05, 0) is 48.6 Å². The predicted molar refractivity (Wildman–Crippen MR) is 134 cm³/mol. The molecule has 0 unspecified atom stereocenters. The number of carbonyl (C=O) groups is 3. The lowest BCUT2D eigenvalue weighted by Gasteiger charge is -2.38. The number of nitrogens with one attached hydrogen (secondary N) is 1. The van der Waals surface area contributed by atoms with Gasteiger partial charge in [0.2, 0.25) is 11.8 Å². The van der Waals surface area contributed by atoms with Gasteiger partial charge in [-0.1, -0.05) is 50.6 Å². The molecule has 2 bridgehead atoms. The Balaban J connectivity index is 1.54. The summed E-state index contributed by atoms with van der Waals surface area (Å²) in [4.78, 5) is 42.4. The Bertz CT molecular complexity index is 1180. The van der Waals surface area contributed by atoms with Crippen molar-refractivity contribution in [3.8, 4) is 0 Å². The molecule has 2 aromatic rings. The van der Waals surface area contributed by atoms with Gasteiger partial charge in [0.25, 0.3) is 0 Å². The van der Waals surface area contributed by atoms with E-state index < -0.39 is 41.6 Å². The van der Waals surface area contributed by atoms with Crippen molar-refractivity contribution in [3.05, 3.63) is 42.5 Å². The van der Waals surface area contributed by atoms with E-state index in [9.17, 15) is 19.5 Å². The van der Waals surface area contributed by atoms with E-state index >= 15 is 0 Å². The minimum absolute atomic E-state index is 0.0524. The number of esters is 1. The van der Waals surface area contributed by atoms with Gasteiger partial charge in [0.05, 0.1) is 37.2 Å². The van der Waals surface area contributed by atoms with Gasteiger partial charge < -0.3 is 24.8 Å². The molecule has 3 heterocycles. The number of benzene rings is 2. The van der Waals surface area contributed by atoms with Crippen LogP contribution in [0.5, 0.6) is 0 Å². The summed E-state index contributed by atoms with van der Waals surface area (Å²) in [6, 6.07) is 12.0. The summed E-state index contributed by atoms with van der Waals surface area (Å²) in [5.41, 5.74) is -0.509. The number of aliphatic hydroxyl groups excluding tert-OH is 1. The number of amides is 2. The van der Waals surface area contributed by atoms with Crippen molar-refractivity contribution in [3.63, 3.8) is 0 Å². The van der Waals surface area contributed by atoms with Crippen molar-refractivity contribution in [1.29, 1.82) is 0 Å². The van der Waals surface area contributed by atoms with E-state index in [4.69, 9.17) is 9.47 Å². The minimum atomic E-state index is -1.12. The van der Waals surface area contributed by atoms with Gasteiger partial charge in [-0.25, -0.2) is 0 Å². The third kappa shape index (κ3) is 3.69. The number of likely N-dealkylation sites (tertiary alicyclic amines) is 1. The van der Waals surface area contributed by atoms with Gasteiger partial charge in [0.1, 0.15) is 11.6 Å². The van der Waals surface area contributed by atoms with Crippen LogP contribution in [0.15, 0.2) is 42.5 Å². The SMILES string of the molecule is CCOC(=O)[C@@H]1[C@@H]2CC[C@]3(O2)[C@H](C(=O)Nc2ccc4ccccc4c2)N([C@@H](CO)[C@@H](C)CC)C(=O)[C@@H]13. The molecule has 8 nitrogen and oxygen atoms in total. The summed E-state index contributed by atoms with van der Waals surface area (Å²) in [6.07, 6.45) is 1.34. The van der Waals surface area contributed by atoms with Crippen LogP contribution in [0.2, 0.25) is 0 Å². The Hall–Kier alpha value is -2.97. The number of hydrogen-bond donors (Lipinski definition) is 2. The zero-order valence-electron chi connectivity index (χ0n) is 21.0. The molecular weight excluding hydrogens is 460 g/mol. The molecule has 0 aliphatic carbocycles. The maximum Gasteiger partial charge on any atom is 0.312 e. The molecule has 3 aliphatic rings. The molecule has 0 radical (unpaired) electrons. The summed E-state index contributed by atoms with van der Waals surface area (Å²) in [6.45, 7) is 5.60. The summed E-state index contributed by atoms with van der Waals surface area (Å²) in [7, 11) is 0. The molecule has 5 rings (SSSR count). The molecular formula is C28H34N2O6. The highest BCUT2D eigenvalue weighted by atomic mass is 16.6. The van der Waals surface area contributed by atoms with E-state index in [2.05, 4.69) is 5.32 Å². The van der Waals surface area contributed by atoms with E-state index in [1.54, 1.807) is 6.92 Å². The molecule has 2 aromatic carbocycles.